The summed E-state index contributed by atoms with van der Waals surface area (Å²) in [5.74, 6) is 0. The van der Waals surface area contributed by atoms with Crippen molar-refractivity contribution in [3.05, 3.63) is 28.8 Å². The average molecular weight is 279 g/mol. The molecule has 0 radical (unpaired) electrons. The van der Waals surface area contributed by atoms with Gasteiger partial charge in [0.15, 0.2) is 0 Å². The van der Waals surface area contributed by atoms with Gasteiger partial charge in [0.1, 0.15) is 0 Å². The van der Waals surface area contributed by atoms with Gasteiger partial charge in [0, 0.05) is 12.6 Å². The molecule has 1 atom stereocenters. The van der Waals surface area contributed by atoms with E-state index in [1.807, 2.05) is 7.05 Å². The van der Waals surface area contributed by atoms with Crippen LogP contribution >= 0.6 is 11.6 Å². The molecule has 0 bridgehead atoms. The van der Waals surface area contributed by atoms with E-state index in [-0.39, 0.29) is 16.8 Å². The van der Waals surface area contributed by atoms with Gasteiger partial charge in [0.25, 0.3) is 0 Å². The Labute approximate surface area is 109 Å². The maximum atomic E-state index is 12.9. The number of nitrogens with zero attached hydrogens (tertiary/aromatic N) is 1. The van der Waals surface area contributed by atoms with Crippen LogP contribution in [0.25, 0.3) is 0 Å². The van der Waals surface area contributed by atoms with Crippen molar-refractivity contribution in [1.82, 2.24) is 4.90 Å². The van der Waals surface area contributed by atoms with Crippen molar-refractivity contribution in [2.45, 2.75) is 18.6 Å². The van der Waals surface area contributed by atoms with E-state index in [9.17, 15) is 13.2 Å². The number of benzene rings is 1. The Bertz CT molecular complexity index is 434. The second kappa shape index (κ2) is 4.97. The molecule has 0 aliphatic carbocycles. The highest BCUT2D eigenvalue weighted by Crippen LogP contribution is 2.39. The zero-order valence-electron chi connectivity index (χ0n) is 9.89. The van der Waals surface area contributed by atoms with Crippen molar-refractivity contribution in [1.29, 1.82) is 0 Å². The van der Waals surface area contributed by atoms with E-state index < -0.39 is 11.7 Å². The number of hydrogen-bond donors (Lipinski definition) is 1. The van der Waals surface area contributed by atoms with Crippen LogP contribution < -0.4 is 5.32 Å². The van der Waals surface area contributed by atoms with Crippen molar-refractivity contribution < 1.29 is 13.2 Å². The topological polar surface area (TPSA) is 15.3 Å². The molecule has 100 valence electrons. The Hall–Kier alpha value is -0.940. The summed E-state index contributed by atoms with van der Waals surface area (Å²) in [7, 11) is 1.94. The summed E-state index contributed by atoms with van der Waals surface area (Å²) in [6.45, 7) is 1.60. The van der Waals surface area contributed by atoms with Crippen LogP contribution in [0.15, 0.2) is 18.2 Å². The zero-order chi connectivity index (χ0) is 13.3. The highest BCUT2D eigenvalue weighted by Gasteiger charge is 2.35. The largest absolute Gasteiger partial charge is 0.418 e. The fraction of sp³-hybridized carbons (Fsp3) is 0.500. The molecule has 2 nitrogen and oxygen atoms in total. The Morgan fingerprint density at radius 1 is 1.39 bits per heavy atom. The number of para-hydroxylation sites is 1. The predicted octanol–water partition coefficient (Wildman–Crippen LogP) is 3.47. The third-order valence-corrected chi connectivity index (χ3v) is 3.37. The van der Waals surface area contributed by atoms with Crippen LogP contribution in [0.5, 0.6) is 0 Å². The van der Waals surface area contributed by atoms with E-state index in [0.29, 0.717) is 0 Å². The standard InChI is InChI=1S/C12H14ClF3N2/c1-18-6-5-8(7-18)17-11-9(12(14,15)16)3-2-4-10(11)13/h2-4,8,17H,5-7H2,1H3. The van der Waals surface area contributed by atoms with Crippen molar-refractivity contribution in [3.63, 3.8) is 0 Å². The molecule has 1 N–H and O–H groups in total. The zero-order valence-corrected chi connectivity index (χ0v) is 10.6. The van der Waals surface area contributed by atoms with Gasteiger partial charge >= 0.3 is 6.18 Å². The molecule has 1 fully saturated rings. The van der Waals surface area contributed by atoms with Crippen molar-refractivity contribution in [2.24, 2.45) is 0 Å². The van der Waals surface area contributed by atoms with E-state index in [2.05, 4.69) is 10.2 Å². The van der Waals surface area contributed by atoms with Gasteiger partial charge < -0.3 is 10.2 Å². The molecule has 0 aromatic heterocycles. The first-order chi connectivity index (χ1) is 8.38. The summed E-state index contributed by atoms with van der Waals surface area (Å²) >= 11 is 5.87. The summed E-state index contributed by atoms with van der Waals surface area (Å²) in [5.41, 5.74) is -0.712. The van der Waals surface area contributed by atoms with Gasteiger partial charge in [-0.2, -0.15) is 13.2 Å². The summed E-state index contributed by atoms with van der Waals surface area (Å²) in [6, 6.07) is 3.85. The number of alkyl halides is 3. The highest BCUT2D eigenvalue weighted by atomic mass is 35.5. The fourth-order valence-electron chi connectivity index (χ4n) is 2.16. The van der Waals surface area contributed by atoms with Gasteiger partial charge in [-0.1, -0.05) is 17.7 Å². The summed E-state index contributed by atoms with van der Waals surface area (Å²) in [4.78, 5) is 2.07. The summed E-state index contributed by atoms with van der Waals surface area (Å²) in [5, 5.41) is 3.03. The first kappa shape index (κ1) is 13.5. The number of rotatable bonds is 2. The van der Waals surface area contributed by atoms with E-state index in [4.69, 9.17) is 11.6 Å². The van der Waals surface area contributed by atoms with Crippen LogP contribution in [0, 0.1) is 0 Å². The molecule has 1 aromatic carbocycles. The molecule has 1 heterocycles. The van der Waals surface area contributed by atoms with Crippen LogP contribution in [0.2, 0.25) is 5.02 Å². The smallest absolute Gasteiger partial charge is 0.379 e. The minimum absolute atomic E-state index is 0.00744. The normalized spacial score (nSPS) is 21.3. The third-order valence-electron chi connectivity index (χ3n) is 3.06. The Balaban J connectivity index is 2.26. The third kappa shape index (κ3) is 2.90. The maximum Gasteiger partial charge on any atom is 0.418 e. The van der Waals surface area contributed by atoms with Crippen LogP contribution in [-0.4, -0.2) is 31.1 Å². The van der Waals surface area contributed by atoms with E-state index in [1.165, 1.54) is 12.1 Å². The quantitative estimate of drug-likeness (QED) is 0.891. The number of anilines is 1. The van der Waals surface area contributed by atoms with Crippen molar-refractivity contribution in [3.8, 4) is 0 Å². The second-order valence-electron chi connectivity index (χ2n) is 4.55. The molecule has 1 aromatic rings. The number of hydrogen-bond acceptors (Lipinski definition) is 2. The molecule has 1 saturated heterocycles. The minimum Gasteiger partial charge on any atom is -0.379 e. The molecule has 2 rings (SSSR count). The van der Waals surface area contributed by atoms with E-state index >= 15 is 0 Å². The van der Waals surface area contributed by atoms with Gasteiger partial charge in [-0.15, -0.1) is 0 Å². The van der Waals surface area contributed by atoms with Crippen LogP contribution in [0.3, 0.4) is 0 Å². The SMILES string of the molecule is CN1CCC(Nc2c(Cl)cccc2C(F)(F)F)C1. The molecule has 0 saturated carbocycles. The Kier molecular flexibility index (Phi) is 3.73. The van der Waals surface area contributed by atoms with Gasteiger partial charge in [0.2, 0.25) is 0 Å². The number of nitrogens with one attached hydrogen (secondary N) is 1. The monoisotopic (exact) mass is 278 g/mol. The summed E-state index contributed by atoms with van der Waals surface area (Å²) < 4.78 is 38.6. The molecule has 18 heavy (non-hydrogen) atoms. The lowest BCUT2D eigenvalue weighted by atomic mass is 10.1. The average Bonchev–Trinajstić information content (AvgIpc) is 2.65. The molecule has 1 aliphatic rings. The molecule has 0 spiro atoms. The van der Waals surface area contributed by atoms with Crippen molar-refractivity contribution in [2.75, 3.05) is 25.5 Å². The molecule has 1 unspecified atom stereocenters. The first-order valence-electron chi connectivity index (χ1n) is 5.68. The Morgan fingerprint density at radius 3 is 2.67 bits per heavy atom. The van der Waals surface area contributed by atoms with Gasteiger partial charge in [-0.25, -0.2) is 0 Å². The first-order valence-corrected chi connectivity index (χ1v) is 6.06. The lowest BCUT2D eigenvalue weighted by Crippen LogP contribution is -2.25. The van der Waals surface area contributed by atoms with Crippen LogP contribution in [0.4, 0.5) is 18.9 Å². The molecule has 6 heteroatoms. The van der Waals surface area contributed by atoms with E-state index in [1.54, 1.807) is 0 Å². The van der Waals surface area contributed by atoms with Gasteiger partial charge in [-0.3, -0.25) is 0 Å². The van der Waals surface area contributed by atoms with Crippen molar-refractivity contribution >= 4 is 17.3 Å². The van der Waals surface area contributed by atoms with Gasteiger partial charge in [0.05, 0.1) is 16.3 Å². The molecule has 1 aliphatic heterocycles. The van der Waals surface area contributed by atoms with Crippen LogP contribution in [-0.2, 0) is 6.18 Å². The van der Waals surface area contributed by atoms with E-state index in [0.717, 1.165) is 25.6 Å². The Morgan fingerprint density at radius 2 is 2.11 bits per heavy atom. The number of likely N-dealkylation sites (N-methyl/N-ethyl adjacent to an activating group) is 1. The molecular weight excluding hydrogens is 265 g/mol. The second-order valence-corrected chi connectivity index (χ2v) is 4.96. The highest BCUT2D eigenvalue weighted by molar-refractivity contribution is 6.33. The molecular formula is C12H14ClF3N2. The maximum absolute atomic E-state index is 12.9. The van der Waals surface area contributed by atoms with Gasteiger partial charge in [-0.05, 0) is 32.1 Å². The fourth-order valence-corrected chi connectivity index (χ4v) is 2.39. The number of likely N-dealkylation sites (tertiary alicyclic amines) is 1. The minimum atomic E-state index is -4.39. The predicted molar refractivity (Wildman–Crippen MR) is 66.0 cm³/mol. The molecule has 0 amide bonds. The number of halogens is 4. The summed E-state index contributed by atoms with van der Waals surface area (Å²) in [6.07, 6.45) is -3.57. The lowest BCUT2D eigenvalue weighted by molar-refractivity contribution is -0.137. The van der Waals surface area contributed by atoms with Crippen LogP contribution in [0.1, 0.15) is 12.0 Å². The lowest BCUT2D eigenvalue weighted by Gasteiger charge is -2.20.